The first kappa shape index (κ1) is 13.6. The Kier molecular flexibility index (Phi) is 4.40. The third-order valence-corrected chi connectivity index (χ3v) is 5.27. The molecule has 1 aliphatic heterocycles. The van der Waals surface area contributed by atoms with Gasteiger partial charge in [0.05, 0.1) is 7.11 Å². The number of rotatable bonds is 4. The zero-order valence-corrected chi connectivity index (χ0v) is 12.4. The Balaban J connectivity index is 2.30. The van der Waals surface area contributed by atoms with E-state index in [1.807, 2.05) is 24.5 Å². The van der Waals surface area contributed by atoms with Gasteiger partial charge in [-0.1, -0.05) is 19.1 Å². The molecule has 1 heterocycles. The highest BCUT2D eigenvalue weighted by Crippen LogP contribution is 2.44. The van der Waals surface area contributed by atoms with Crippen LogP contribution >= 0.6 is 23.5 Å². The van der Waals surface area contributed by atoms with Gasteiger partial charge in [-0.05, 0) is 24.8 Å². The number of ether oxygens (including phenoxy) is 1. The molecule has 0 amide bonds. The van der Waals surface area contributed by atoms with Gasteiger partial charge in [0.1, 0.15) is 5.75 Å². The molecule has 96 valence electrons. The van der Waals surface area contributed by atoms with Crippen molar-refractivity contribution in [1.82, 2.24) is 0 Å². The Morgan fingerprint density at radius 2 is 2.28 bits per heavy atom. The van der Waals surface area contributed by atoms with Crippen molar-refractivity contribution in [3.05, 3.63) is 39.6 Å². The molecule has 4 heteroatoms. The highest BCUT2D eigenvalue weighted by Gasteiger charge is 2.26. The minimum Gasteiger partial charge on any atom is -0.497 e. The van der Waals surface area contributed by atoms with E-state index in [-0.39, 0.29) is 5.78 Å². The van der Waals surface area contributed by atoms with E-state index in [4.69, 9.17) is 4.74 Å². The van der Waals surface area contributed by atoms with Crippen molar-refractivity contribution in [2.24, 2.45) is 0 Å². The Labute approximate surface area is 116 Å². The van der Waals surface area contributed by atoms with Crippen LogP contribution in [0.2, 0.25) is 0 Å². The van der Waals surface area contributed by atoms with Gasteiger partial charge >= 0.3 is 0 Å². The molecule has 1 atom stereocenters. The average molecular weight is 280 g/mol. The smallest absolute Gasteiger partial charge is 0.190 e. The monoisotopic (exact) mass is 280 g/mol. The number of carbonyl (C=O) groups excluding carboxylic acids is 1. The predicted molar refractivity (Wildman–Crippen MR) is 79.5 cm³/mol. The van der Waals surface area contributed by atoms with Crippen LogP contribution < -0.4 is 4.74 Å². The standard InChI is InChI=1S/C14H16O2S2/c1-9-7-12(14(17-3)18-9)13(15)10-5-4-6-11(8-10)16-2/h4-6,8-9H,7H2,1-3H3. The van der Waals surface area contributed by atoms with Crippen LogP contribution in [0.4, 0.5) is 0 Å². The number of Topliss-reactive ketones (excluding diaryl/α,β-unsaturated/α-hetero) is 1. The maximum absolute atomic E-state index is 12.5. The van der Waals surface area contributed by atoms with Crippen molar-refractivity contribution in [2.75, 3.05) is 13.4 Å². The summed E-state index contributed by atoms with van der Waals surface area (Å²) in [6.07, 6.45) is 2.89. The molecule has 2 rings (SSSR count). The maximum atomic E-state index is 12.5. The van der Waals surface area contributed by atoms with E-state index in [9.17, 15) is 4.79 Å². The molecule has 1 aliphatic rings. The van der Waals surface area contributed by atoms with Crippen molar-refractivity contribution in [3.8, 4) is 5.75 Å². The van der Waals surface area contributed by atoms with Crippen LogP contribution in [-0.2, 0) is 0 Å². The third-order valence-electron chi connectivity index (χ3n) is 2.84. The number of hydrogen-bond donors (Lipinski definition) is 0. The SMILES string of the molecule is COc1cccc(C(=O)C2=C(SC)SC(C)C2)c1. The molecule has 1 aromatic carbocycles. The quantitative estimate of drug-likeness (QED) is 0.779. The maximum Gasteiger partial charge on any atom is 0.190 e. The summed E-state index contributed by atoms with van der Waals surface area (Å²) in [5, 5.41) is 0.497. The molecule has 0 radical (unpaired) electrons. The predicted octanol–water partition coefficient (Wildman–Crippen LogP) is 3.98. The third kappa shape index (κ3) is 2.75. The lowest BCUT2D eigenvalue weighted by Crippen LogP contribution is -2.04. The second-order valence-corrected chi connectivity index (χ2v) is 6.69. The fourth-order valence-corrected chi connectivity index (χ4v) is 4.20. The normalized spacial score (nSPS) is 19.2. The molecule has 18 heavy (non-hydrogen) atoms. The lowest BCUT2D eigenvalue weighted by Gasteiger charge is -2.06. The van der Waals surface area contributed by atoms with Gasteiger partial charge in [0.25, 0.3) is 0 Å². The van der Waals surface area contributed by atoms with Crippen LogP contribution in [0.3, 0.4) is 0 Å². The minimum absolute atomic E-state index is 0.134. The van der Waals surface area contributed by atoms with Crippen LogP contribution in [0.5, 0.6) is 5.75 Å². The molecule has 1 unspecified atom stereocenters. The van der Waals surface area contributed by atoms with E-state index in [2.05, 4.69) is 6.92 Å². The molecule has 0 bridgehead atoms. The fraction of sp³-hybridized carbons (Fsp3) is 0.357. The van der Waals surface area contributed by atoms with Crippen molar-refractivity contribution in [3.63, 3.8) is 0 Å². The summed E-state index contributed by atoms with van der Waals surface area (Å²) in [5.41, 5.74) is 1.67. The second kappa shape index (κ2) is 5.85. The van der Waals surface area contributed by atoms with Crippen molar-refractivity contribution >= 4 is 29.3 Å². The summed E-state index contributed by atoms with van der Waals surface area (Å²) in [6, 6.07) is 7.37. The van der Waals surface area contributed by atoms with Crippen molar-refractivity contribution < 1.29 is 9.53 Å². The molecule has 0 saturated carbocycles. The molecule has 0 aromatic heterocycles. The summed E-state index contributed by atoms with van der Waals surface area (Å²) in [4.78, 5) is 12.5. The molecule has 0 fully saturated rings. The van der Waals surface area contributed by atoms with E-state index in [0.29, 0.717) is 10.8 Å². The Hall–Kier alpha value is -0.870. The summed E-state index contributed by atoms with van der Waals surface area (Å²) >= 11 is 3.46. The Bertz CT molecular complexity index is 494. The first-order valence-corrected chi connectivity index (χ1v) is 7.88. The Morgan fingerprint density at radius 1 is 1.50 bits per heavy atom. The van der Waals surface area contributed by atoms with Crippen LogP contribution in [-0.4, -0.2) is 24.4 Å². The number of allylic oxidation sites excluding steroid dienone is 1. The van der Waals surface area contributed by atoms with E-state index >= 15 is 0 Å². The van der Waals surface area contributed by atoms with Gasteiger partial charge in [-0.25, -0.2) is 0 Å². The summed E-state index contributed by atoms with van der Waals surface area (Å²) in [5.74, 6) is 0.862. The van der Waals surface area contributed by atoms with Crippen LogP contribution in [0, 0.1) is 0 Å². The molecule has 0 aliphatic carbocycles. The fourth-order valence-electron chi connectivity index (χ4n) is 1.96. The largest absolute Gasteiger partial charge is 0.497 e. The van der Waals surface area contributed by atoms with Gasteiger partial charge in [-0.2, -0.15) is 0 Å². The van der Waals surface area contributed by atoms with Gasteiger partial charge < -0.3 is 4.74 Å². The van der Waals surface area contributed by atoms with Crippen molar-refractivity contribution in [1.29, 1.82) is 0 Å². The number of thioether (sulfide) groups is 2. The summed E-state index contributed by atoms with van der Waals surface area (Å²) in [7, 11) is 1.61. The lowest BCUT2D eigenvalue weighted by molar-refractivity contribution is 0.103. The number of carbonyl (C=O) groups is 1. The van der Waals surface area contributed by atoms with Gasteiger partial charge in [0.15, 0.2) is 5.78 Å². The zero-order chi connectivity index (χ0) is 13.1. The second-order valence-electron chi connectivity index (χ2n) is 4.16. The van der Waals surface area contributed by atoms with Crippen LogP contribution in [0.25, 0.3) is 0 Å². The van der Waals surface area contributed by atoms with E-state index in [1.165, 1.54) is 0 Å². The molecule has 0 N–H and O–H groups in total. The number of methoxy groups -OCH3 is 1. The van der Waals surface area contributed by atoms with Gasteiger partial charge in [-0.3, -0.25) is 4.79 Å². The van der Waals surface area contributed by atoms with Crippen LogP contribution in [0.15, 0.2) is 34.1 Å². The Morgan fingerprint density at radius 3 is 2.94 bits per heavy atom. The van der Waals surface area contributed by atoms with Crippen LogP contribution in [0.1, 0.15) is 23.7 Å². The lowest BCUT2D eigenvalue weighted by atomic mass is 10.0. The molecular formula is C14H16O2S2. The van der Waals surface area contributed by atoms with Crippen molar-refractivity contribution in [2.45, 2.75) is 18.6 Å². The average Bonchev–Trinajstić information content (AvgIpc) is 2.79. The molecule has 0 spiro atoms. The summed E-state index contributed by atoms with van der Waals surface area (Å²) in [6.45, 7) is 2.16. The van der Waals surface area contributed by atoms with Gasteiger partial charge in [0, 0.05) is 20.6 Å². The zero-order valence-electron chi connectivity index (χ0n) is 10.7. The minimum atomic E-state index is 0.134. The molecule has 0 saturated heterocycles. The van der Waals surface area contributed by atoms with E-state index in [1.54, 1.807) is 36.7 Å². The summed E-state index contributed by atoms with van der Waals surface area (Å²) < 4.78 is 6.33. The highest BCUT2D eigenvalue weighted by molar-refractivity contribution is 8.22. The van der Waals surface area contributed by atoms with E-state index < -0.39 is 0 Å². The molecule has 1 aromatic rings. The highest BCUT2D eigenvalue weighted by atomic mass is 32.2. The van der Waals surface area contributed by atoms with E-state index in [0.717, 1.165) is 22.0 Å². The van der Waals surface area contributed by atoms with Gasteiger partial charge in [-0.15, -0.1) is 23.5 Å². The topological polar surface area (TPSA) is 26.3 Å². The first-order valence-electron chi connectivity index (χ1n) is 5.78. The molecular weight excluding hydrogens is 264 g/mol. The first-order chi connectivity index (χ1) is 8.65. The number of ketones is 1. The number of hydrogen-bond acceptors (Lipinski definition) is 4. The number of benzene rings is 1. The molecule has 2 nitrogen and oxygen atoms in total. The van der Waals surface area contributed by atoms with Gasteiger partial charge in [0.2, 0.25) is 0 Å².